The third-order valence-corrected chi connectivity index (χ3v) is 5.76. The molecule has 28 heavy (non-hydrogen) atoms. The Morgan fingerprint density at radius 3 is 2.79 bits per heavy atom. The summed E-state index contributed by atoms with van der Waals surface area (Å²) in [6.45, 7) is 7.31. The summed E-state index contributed by atoms with van der Waals surface area (Å²) in [5, 5.41) is 14.0. The van der Waals surface area contributed by atoms with Crippen LogP contribution in [0.15, 0.2) is 24.3 Å². The van der Waals surface area contributed by atoms with E-state index < -0.39 is 0 Å². The van der Waals surface area contributed by atoms with Crippen molar-refractivity contribution in [2.24, 2.45) is 5.92 Å². The molecule has 2 fully saturated rings. The largest absolute Gasteiger partial charge is 0.492 e. The van der Waals surface area contributed by atoms with Crippen LogP contribution >= 0.6 is 0 Å². The lowest BCUT2D eigenvalue weighted by molar-refractivity contribution is -0.00667. The van der Waals surface area contributed by atoms with Crippen LogP contribution in [0.2, 0.25) is 0 Å². The van der Waals surface area contributed by atoms with Gasteiger partial charge in [-0.25, -0.2) is 13.9 Å². The van der Waals surface area contributed by atoms with Crippen molar-refractivity contribution in [1.82, 2.24) is 20.3 Å². The maximum atomic E-state index is 12.9. The van der Waals surface area contributed by atoms with E-state index in [9.17, 15) is 9.18 Å². The van der Waals surface area contributed by atoms with Gasteiger partial charge < -0.3 is 14.8 Å². The van der Waals surface area contributed by atoms with Crippen LogP contribution in [-0.2, 0) is 11.3 Å². The second kappa shape index (κ2) is 6.73. The van der Waals surface area contributed by atoms with E-state index in [0.29, 0.717) is 37.2 Å². The van der Waals surface area contributed by atoms with Crippen LogP contribution in [0.25, 0.3) is 0 Å². The number of carbonyl (C=O) groups is 1. The van der Waals surface area contributed by atoms with E-state index in [-0.39, 0.29) is 23.0 Å². The van der Waals surface area contributed by atoms with Crippen molar-refractivity contribution in [3.8, 4) is 5.75 Å². The Bertz CT molecular complexity index is 882. The average molecular weight is 389 g/mol. The highest BCUT2D eigenvalue weighted by atomic mass is 19.1. The molecule has 1 aromatic heterocycles. The lowest BCUT2D eigenvalue weighted by atomic mass is 9.96. The van der Waals surface area contributed by atoms with Crippen LogP contribution in [-0.4, -0.2) is 45.4 Å². The quantitative estimate of drug-likeness (QED) is 0.792. The molecular formula is C19H24FN5O3. The number of ether oxygens (including phenoxy) is 2. The van der Waals surface area contributed by atoms with E-state index in [1.54, 1.807) is 16.8 Å². The normalized spacial score (nSPS) is 24.5. The molecule has 1 saturated carbocycles. The molecule has 2 unspecified atom stereocenters. The third kappa shape index (κ3) is 3.30. The molecule has 4 rings (SSSR count). The number of anilines is 1. The van der Waals surface area contributed by atoms with Gasteiger partial charge >= 0.3 is 6.03 Å². The van der Waals surface area contributed by atoms with Gasteiger partial charge in [0.05, 0.1) is 30.0 Å². The van der Waals surface area contributed by atoms with Gasteiger partial charge in [-0.15, -0.1) is 5.10 Å². The highest BCUT2D eigenvalue weighted by Gasteiger charge is 2.69. The number of rotatable bonds is 6. The molecule has 150 valence electrons. The summed E-state index contributed by atoms with van der Waals surface area (Å²) >= 11 is 0. The lowest BCUT2D eigenvalue weighted by Gasteiger charge is -2.30. The van der Waals surface area contributed by atoms with E-state index in [1.165, 1.54) is 12.1 Å². The fraction of sp³-hybridized carbons (Fsp3) is 0.526. The Hall–Kier alpha value is -2.68. The number of hydrogen-bond acceptors (Lipinski definition) is 5. The second-order valence-corrected chi connectivity index (χ2v) is 7.82. The molecule has 2 heterocycles. The number of carbonyl (C=O) groups excluding carboxylic acids is 1. The van der Waals surface area contributed by atoms with E-state index in [2.05, 4.69) is 20.9 Å². The molecule has 9 heteroatoms. The van der Waals surface area contributed by atoms with Gasteiger partial charge in [0.25, 0.3) is 0 Å². The smallest absolute Gasteiger partial charge is 0.321 e. The Balaban J connectivity index is 1.31. The van der Waals surface area contributed by atoms with Gasteiger partial charge in [-0.2, -0.15) is 0 Å². The Morgan fingerprint density at radius 1 is 1.39 bits per heavy atom. The number of halogens is 1. The maximum Gasteiger partial charge on any atom is 0.321 e. The first kappa shape index (κ1) is 18.7. The summed E-state index contributed by atoms with van der Waals surface area (Å²) in [6.07, 6.45) is 0.930. The molecule has 0 spiro atoms. The maximum absolute atomic E-state index is 12.9. The van der Waals surface area contributed by atoms with Gasteiger partial charge in [0.15, 0.2) is 5.82 Å². The van der Waals surface area contributed by atoms with Crippen molar-refractivity contribution in [3.05, 3.63) is 35.8 Å². The molecule has 1 saturated heterocycles. The van der Waals surface area contributed by atoms with Crippen LogP contribution in [0, 0.1) is 18.7 Å². The predicted octanol–water partition coefficient (Wildman–Crippen LogP) is 2.49. The summed E-state index contributed by atoms with van der Waals surface area (Å²) in [5.74, 6) is 1.05. The lowest BCUT2D eigenvalue weighted by Crippen LogP contribution is -2.52. The molecule has 8 nitrogen and oxygen atoms in total. The Morgan fingerprint density at radius 2 is 2.14 bits per heavy atom. The molecule has 0 bridgehead atoms. The van der Waals surface area contributed by atoms with Crippen molar-refractivity contribution in [2.45, 2.75) is 44.9 Å². The van der Waals surface area contributed by atoms with Crippen molar-refractivity contribution in [2.75, 3.05) is 18.5 Å². The number of hydrogen-bond donors (Lipinski definition) is 2. The zero-order chi connectivity index (χ0) is 19.9. The third-order valence-electron chi connectivity index (χ3n) is 5.76. The molecular weight excluding hydrogens is 365 g/mol. The van der Waals surface area contributed by atoms with Crippen LogP contribution in [0.1, 0.15) is 26.0 Å². The van der Waals surface area contributed by atoms with Gasteiger partial charge in [-0.05, 0) is 51.5 Å². The molecule has 1 aliphatic carbocycles. The molecule has 2 N–H and O–H groups in total. The number of aromatic nitrogens is 3. The van der Waals surface area contributed by atoms with Gasteiger partial charge in [0, 0.05) is 5.92 Å². The summed E-state index contributed by atoms with van der Waals surface area (Å²) in [5.41, 5.74) is 0.0493. The predicted molar refractivity (Wildman–Crippen MR) is 99.7 cm³/mol. The van der Waals surface area contributed by atoms with Crippen LogP contribution in [0.4, 0.5) is 15.0 Å². The molecule has 0 radical (unpaired) electrons. The van der Waals surface area contributed by atoms with Gasteiger partial charge in [-0.1, -0.05) is 5.21 Å². The molecule has 2 amide bonds. The zero-order valence-corrected chi connectivity index (χ0v) is 16.2. The van der Waals surface area contributed by atoms with Crippen molar-refractivity contribution >= 4 is 11.8 Å². The topological polar surface area (TPSA) is 90.3 Å². The monoisotopic (exact) mass is 389 g/mol. The van der Waals surface area contributed by atoms with E-state index in [0.717, 1.165) is 12.1 Å². The highest BCUT2D eigenvalue weighted by molar-refractivity contribution is 5.89. The van der Waals surface area contributed by atoms with Crippen molar-refractivity contribution in [3.63, 3.8) is 0 Å². The van der Waals surface area contributed by atoms with Crippen LogP contribution in [0.5, 0.6) is 5.75 Å². The summed E-state index contributed by atoms with van der Waals surface area (Å²) in [4.78, 5) is 12.5. The first-order valence-corrected chi connectivity index (χ1v) is 9.32. The van der Waals surface area contributed by atoms with Gasteiger partial charge in [0.2, 0.25) is 0 Å². The summed E-state index contributed by atoms with van der Waals surface area (Å²) in [6, 6.07) is 5.52. The summed E-state index contributed by atoms with van der Waals surface area (Å²) < 4.78 is 25.9. The van der Waals surface area contributed by atoms with Gasteiger partial charge in [-0.3, -0.25) is 5.32 Å². The molecule has 2 aliphatic rings. The highest BCUT2D eigenvalue weighted by Crippen LogP contribution is 2.57. The molecule has 1 aromatic carbocycles. The molecule has 2 aromatic rings. The Kier molecular flexibility index (Phi) is 4.49. The first-order chi connectivity index (χ1) is 13.3. The van der Waals surface area contributed by atoms with Crippen LogP contribution < -0.4 is 15.4 Å². The van der Waals surface area contributed by atoms with E-state index >= 15 is 0 Å². The second-order valence-electron chi connectivity index (χ2n) is 7.82. The number of nitrogens with zero attached hydrogens (tertiary/aromatic N) is 3. The SMILES string of the molecule is Cc1c(NC(=O)NC23CC2COC3(C)C)nnn1CCOc1ccc(F)cc1. The van der Waals surface area contributed by atoms with Crippen molar-refractivity contribution < 1.29 is 18.7 Å². The number of benzene rings is 1. The molecule has 2 atom stereocenters. The number of urea groups is 1. The minimum atomic E-state index is -0.376. The van der Waals surface area contributed by atoms with Gasteiger partial charge in [0.1, 0.15) is 18.2 Å². The minimum absolute atomic E-state index is 0.302. The summed E-state index contributed by atoms with van der Waals surface area (Å²) in [7, 11) is 0. The van der Waals surface area contributed by atoms with Crippen LogP contribution in [0.3, 0.4) is 0 Å². The van der Waals surface area contributed by atoms with Crippen molar-refractivity contribution in [1.29, 1.82) is 0 Å². The minimum Gasteiger partial charge on any atom is -0.492 e. The number of fused-ring (bicyclic) bond motifs is 1. The zero-order valence-electron chi connectivity index (χ0n) is 16.2. The fourth-order valence-corrected chi connectivity index (χ4v) is 3.82. The molecule has 1 aliphatic heterocycles. The number of amides is 2. The first-order valence-electron chi connectivity index (χ1n) is 9.32. The fourth-order valence-electron chi connectivity index (χ4n) is 3.82. The Labute approximate surface area is 162 Å². The number of nitrogens with one attached hydrogen (secondary N) is 2. The van der Waals surface area contributed by atoms with E-state index in [4.69, 9.17) is 9.47 Å². The van der Waals surface area contributed by atoms with E-state index in [1.807, 2.05) is 20.8 Å². The standard InChI is InChI=1S/C19H24FN5O3/c1-12-16(21-17(26)22-19-10-13(19)11-28-18(19,2)3)23-24-25(12)8-9-27-15-6-4-14(20)5-7-15/h4-7,13H,8-11H2,1-3H3,(H2,21,22,26). The average Bonchev–Trinajstić information content (AvgIpc) is 3.19.